The van der Waals surface area contributed by atoms with E-state index in [0.717, 1.165) is 35.1 Å². The van der Waals surface area contributed by atoms with Gasteiger partial charge in [0.05, 0.1) is 5.69 Å². The van der Waals surface area contributed by atoms with Gasteiger partial charge in [-0.25, -0.2) is 4.98 Å². The van der Waals surface area contributed by atoms with Crippen molar-refractivity contribution in [2.75, 3.05) is 5.75 Å². The molecule has 0 amide bonds. The fourth-order valence-corrected chi connectivity index (χ4v) is 2.91. The van der Waals surface area contributed by atoms with E-state index in [1.54, 1.807) is 11.8 Å². The second-order valence-corrected chi connectivity index (χ2v) is 5.58. The third-order valence-electron chi connectivity index (χ3n) is 3.18. The minimum absolute atomic E-state index is 0.807. The van der Waals surface area contributed by atoms with Crippen LogP contribution in [0.1, 0.15) is 30.2 Å². The summed E-state index contributed by atoms with van der Waals surface area (Å²) in [6.07, 6.45) is 2.02. The molecule has 0 bridgehead atoms. The molecule has 18 heavy (non-hydrogen) atoms. The quantitative estimate of drug-likeness (QED) is 0.675. The van der Waals surface area contributed by atoms with Crippen LogP contribution in [0.15, 0.2) is 23.4 Å². The third kappa shape index (κ3) is 1.90. The minimum atomic E-state index is 0.807. The smallest absolute Gasteiger partial charge is 0.209 e. The first-order valence-corrected chi connectivity index (χ1v) is 7.23. The summed E-state index contributed by atoms with van der Waals surface area (Å²) in [5, 5.41) is 9.39. The van der Waals surface area contributed by atoms with Crippen LogP contribution in [0, 0.1) is 6.92 Å². The van der Waals surface area contributed by atoms with Crippen molar-refractivity contribution in [3.63, 3.8) is 0 Å². The number of thioether (sulfide) groups is 1. The minimum Gasteiger partial charge on any atom is -0.223 e. The molecule has 1 aliphatic carbocycles. The second kappa shape index (κ2) is 4.69. The Balaban J connectivity index is 1.99. The zero-order valence-electron chi connectivity index (χ0n) is 10.6. The summed E-state index contributed by atoms with van der Waals surface area (Å²) in [6, 6.07) is 6.33. The average molecular weight is 257 g/mol. The van der Waals surface area contributed by atoms with Crippen LogP contribution in [0.5, 0.6) is 0 Å². The van der Waals surface area contributed by atoms with E-state index in [9.17, 15) is 0 Å². The van der Waals surface area contributed by atoms with Crippen LogP contribution in [0.25, 0.3) is 11.3 Å². The van der Waals surface area contributed by atoms with Crippen molar-refractivity contribution in [3.8, 4) is 11.3 Å². The highest BCUT2D eigenvalue weighted by Crippen LogP contribution is 2.35. The molecule has 0 N–H and O–H groups in total. The number of aromatic nitrogens is 3. The van der Waals surface area contributed by atoms with Crippen molar-refractivity contribution < 1.29 is 0 Å². The number of hydrogen-bond acceptors (Lipinski definition) is 4. The van der Waals surface area contributed by atoms with Gasteiger partial charge >= 0.3 is 0 Å². The predicted molar refractivity (Wildman–Crippen MR) is 73.8 cm³/mol. The Morgan fingerprint density at radius 1 is 1.28 bits per heavy atom. The zero-order chi connectivity index (χ0) is 12.5. The number of hydrogen-bond donors (Lipinski definition) is 0. The van der Waals surface area contributed by atoms with E-state index in [1.807, 2.05) is 0 Å². The lowest BCUT2D eigenvalue weighted by molar-refractivity contribution is 0.819. The van der Waals surface area contributed by atoms with Crippen molar-refractivity contribution in [2.24, 2.45) is 0 Å². The summed E-state index contributed by atoms with van der Waals surface area (Å²) < 4.78 is 0. The first-order valence-electron chi connectivity index (χ1n) is 6.25. The highest BCUT2D eigenvalue weighted by atomic mass is 32.2. The summed E-state index contributed by atoms with van der Waals surface area (Å²) in [6.45, 7) is 4.30. The van der Waals surface area contributed by atoms with Crippen LogP contribution in [0.2, 0.25) is 0 Å². The van der Waals surface area contributed by atoms with Gasteiger partial charge in [-0.1, -0.05) is 36.9 Å². The Labute approximate surface area is 111 Å². The number of rotatable bonds is 3. The van der Waals surface area contributed by atoms with E-state index >= 15 is 0 Å². The third-order valence-corrected chi connectivity index (χ3v) is 4.23. The van der Waals surface area contributed by atoms with E-state index in [4.69, 9.17) is 0 Å². The Morgan fingerprint density at radius 2 is 2.17 bits per heavy atom. The number of nitrogens with zero attached hydrogens (tertiary/aromatic N) is 3. The zero-order valence-corrected chi connectivity index (χ0v) is 11.4. The van der Waals surface area contributed by atoms with Crippen LogP contribution < -0.4 is 0 Å². The molecule has 0 spiro atoms. The lowest BCUT2D eigenvalue weighted by Crippen LogP contribution is -1.97. The van der Waals surface area contributed by atoms with Gasteiger partial charge in [0.15, 0.2) is 0 Å². The van der Waals surface area contributed by atoms with E-state index in [0.29, 0.717) is 0 Å². The molecule has 3 rings (SSSR count). The highest BCUT2D eigenvalue weighted by molar-refractivity contribution is 7.99. The molecular formula is C14H15N3S. The summed E-state index contributed by atoms with van der Waals surface area (Å²) in [7, 11) is 0. The van der Waals surface area contributed by atoms with Gasteiger partial charge in [0.1, 0.15) is 5.69 Å². The molecule has 1 aromatic heterocycles. The molecule has 1 heterocycles. The number of benzene rings is 1. The van der Waals surface area contributed by atoms with Crippen molar-refractivity contribution in [3.05, 3.63) is 35.0 Å². The van der Waals surface area contributed by atoms with Gasteiger partial charge in [-0.3, -0.25) is 0 Å². The second-order valence-electron chi connectivity index (χ2n) is 4.52. The van der Waals surface area contributed by atoms with Gasteiger partial charge in [-0.15, -0.1) is 10.2 Å². The average Bonchev–Trinajstić information content (AvgIpc) is 2.76. The summed E-state index contributed by atoms with van der Waals surface area (Å²) in [4.78, 5) is 4.64. The van der Waals surface area contributed by atoms with E-state index in [1.165, 1.54) is 16.7 Å². The molecule has 0 saturated carbocycles. The number of fused-ring (bicyclic) bond motifs is 3. The maximum absolute atomic E-state index is 4.64. The molecule has 0 aliphatic heterocycles. The van der Waals surface area contributed by atoms with Crippen molar-refractivity contribution in [2.45, 2.75) is 31.8 Å². The molecule has 4 heteroatoms. The molecule has 0 unspecified atom stereocenters. The van der Waals surface area contributed by atoms with E-state index in [2.05, 4.69) is 47.2 Å². The summed E-state index contributed by atoms with van der Waals surface area (Å²) >= 11 is 1.68. The van der Waals surface area contributed by atoms with Crippen molar-refractivity contribution >= 4 is 11.8 Å². The van der Waals surface area contributed by atoms with E-state index < -0.39 is 0 Å². The maximum atomic E-state index is 4.64. The maximum Gasteiger partial charge on any atom is 0.209 e. The predicted octanol–water partition coefficient (Wildman–Crippen LogP) is 3.25. The van der Waals surface area contributed by atoms with Crippen LogP contribution in [-0.4, -0.2) is 20.9 Å². The highest BCUT2D eigenvalue weighted by Gasteiger charge is 2.23. The van der Waals surface area contributed by atoms with Crippen LogP contribution >= 0.6 is 11.8 Å². The van der Waals surface area contributed by atoms with Crippen molar-refractivity contribution in [1.29, 1.82) is 0 Å². The Morgan fingerprint density at radius 3 is 3.00 bits per heavy atom. The molecule has 92 valence electrons. The molecular weight excluding hydrogens is 242 g/mol. The van der Waals surface area contributed by atoms with Gasteiger partial charge in [0, 0.05) is 17.7 Å². The largest absolute Gasteiger partial charge is 0.223 e. The van der Waals surface area contributed by atoms with Gasteiger partial charge in [-0.05, 0) is 24.5 Å². The number of aryl methyl sites for hydroxylation is 1. The van der Waals surface area contributed by atoms with Crippen LogP contribution in [-0.2, 0) is 6.42 Å². The lowest BCUT2D eigenvalue weighted by atomic mass is 10.0. The lowest BCUT2D eigenvalue weighted by Gasteiger charge is -2.01. The first kappa shape index (κ1) is 11.7. The normalized spacial score (nSPS) is 12.3. The Hall–Kier alpha value is -1.42. The van der Waals surface area contributed by atoms with Gasteiger partial charge < -0.3 is 0 Å². The van der Waals surface area contributed by atoms with Crippen LogP contribution in [0.4, 0.5) is 0 Å². The Kier molecular flexibility index (Phi) is 3.04. The van der Waals surface area contributed by atoms with Gasteiger partial charge in [0.2, 0.25) is 5.16 Å². The topological polar surface area (TPSA) is 38.7 Å². The molecule has 0 saturated heterocycles. The fourth-order valence-electron chi connectivity index (χ4n) is 2.25. The van der Waals surface area contributed by atoms with Gasteiger partial charge in [0.25, 0.3) is 0 Å². The molecule has 1 aromatic carbocycles. The molecule has 3 nitrogen and oxygen atoms in total. The standard InChI is InChI=1S/C14H15N3S/c1-3-7-18-14-15-12-8-11-9(2)5-4-6-10(11)13(12)16-17-14/h4-6H,3,7-8H2,1-2H3. The molecule has 0 fully saturated rings. The molecule has 0 atom stereocenters. The monoisotopic (exact) mass is 257 g/mol. The first-order chi connectivity index (χ1) is 8.79. The van der Waals surface area contributed by atoms with Crippen molar-refractivity contribution in [1.82, 2.24) is 15.2 Å². The summed E-state index contributed by atoms with van der Waals surface area (Å²) in [5.41, 5.74) is 5.92. The molecule has 2 aromatic rings. The summed E-state index contributed by atoms with van der Waals surface area (Å²) in [5.74, 6) is 1.05. The molecule has 1 aliphatic rings. The van der Waals surface area contributed by atoms with Gasteiger partial charge in [-0.2, -0.15) is 0 Å². The Bertz CT molecular complexity index is 596. The van der Waals surface area contributed by atoms with Crippen LogP contribution in [0.3, 0.4) is 0 Å². The SMILES string of the molecule is CCCSc1nnc2c(n1)Cc1c(C)cccc1-2. The fraction of sp³-hybridized carbons (Fsp3) is 0.357. The molecule has 0 radical (unpaired) electrons. The van der Waals surface area contributed by atoms with E-state index in [-0.39, 0.29) is 0 Å².